The Kier molecular flexibility index (Phi) is 4.97. The Morgan fingerprint density at radius 2 is 1.91 bits per heavy atom. The van der Waals surface area contributed by atoms with Crippen LogP contribution in [0.15, 0.2) is 29.4 Å². The molecule has 0 N–H and O–H groups in total. The summed E-state index contributed by atoms with van der Waals surface area (Å²) >= 11 is 7.55. The van der Waals surface area contributed by atoms with Crippen LogP contribution < -0.4 is 0 Å². The summed E-state index contributed by atoms with van der Waals surface area (Å²) in [7, 11) is 0. The Balaban J connectivity index is 2.00. The average molecular weight is 330 g/mol. The van der Waals surface area contributed by atoms with Gasteiger partial charge in [0.25, 0.3) is 0 Å². The molecule has 3 nitrogen and oxygen atoms in total. The second-order valence-corrected chi connectivity index (χ2v) is 6.75. The standard InChI is InChI=1S/C17H16ClN3S/c18-13-8-6-12(7-9-13)16-14-4-1-2-5-15(14)20-17(21-16)22-11-3-10-19/h6-9H,1-5,11H2. The van der Waals surface area contributed by atoms with Crippen molar-refractivity contribution in [2.24, 2.45) is 0 Å². The number of nitrogens with zero attached hydrogens (tertiary/aromatic N) is 3. The second-order valence-electron chi connectivity index (χ2n) is 5.25. The van der Waals surface area contributed by atoms with Crippen molar-refractivity contribution in [1.82, 2.24) is 9.97 Å². The zero-order chi connectivity index (χ0) is 15.4. The third kappa shape index (κ3) is 3.43. The first-order valence-corrected chi connectivity index (χ1v) is 8.80. The first kappa shape index (κ1) is 15.3. The largest absolute Gasteiger partial charge is 0.227 e. The highest BCUT2D eigenvalue weighted by atomic mass is 35.5. The Bertz CT molecular complexity index is 707. The van der Waals surface area contributed by atoms with E-state index in [4.69, 9.17) is 26.8 Å². The zero-order valence-electron chi connectivity index (χ0n) is 12.2. The lowest BCUT2D eigenvalue weighted by molar-refractivity contribution is 0.651. The van der Waals surface area contributed by atoms with Crippen LogP contribution in [0.3, 0.4) is 0 Å². The topological polar surface area (TPSA) is 49.6 Å². The summed E-state index contributed by atoms with van der Waals surface area (Å²) in [6, 6.07) is 10.00. The van der Waals surface area contributed by atoms with Crippen LogP contribution in [-0.4, -0.2) is 15.7 Å². The van der Waals surface area contributed by atoms with Gasteiger partial charge in [0.1, 0.15) is 0 Å². The van der Waals surface area contributed by atoms with Gasteiger partial charge in [-0.1, -0.05) is 35.5 Å². The molecule has 0 amide bonds. The molecular formula is C17H16ClN3S. The Morgan fingerprint density at radius 1 is 1.14 bits per heavy atom. The molecule has 1 aromatic carbocycles. The lowest BCUT2D eigenvalue weighted by Gasteiger charge is -2.19. The number of fused-ring (bicyclic) bond motifs is 1. The monoisotopic (exact) mass is 329 g/mol. The van der Waals surface area contributed by atoms with Crippen LogP contribution in [0, 0.1) is 11.3 Å². The SMILES string of the molecule is N#CCCSc1nc2c(c(-c3ccc(Cl)cc3)n1)CCCC2. The van der Waals surface area contributed by atoms with Crippen molar-refractivity contribution >= 4 is 23.4 Å². The lowest BCUT2D eigenvalue weighted by atomic mass is 9.92. The van der Waals surface area contributed by atoms with E-state index in [1.807, 2.05) is 24.3 Å². The van der Waals surface area contributed by atoms with Gasteiger partial charge in [0.05, 0.1) is 11.8 Å². The highest BCUT2D eigenvalue weighted by molar-refractivity contribution is 7.99. The molecule has 1 heterocycles. The molecule has 0 bridgehead atoms. The van der Waals surface area contributed by atoms with Gasteiger partial charge in [0, 0.05) is 34.0 Å². The third-order valence-corrected chi connectivity index (χ3v) is 4.83. The highest BCUT2D eigenvalue weighted by Crippen LogP contribution is 2.32. The molecule has 0 aliphatic heterocycles. The third-order valence-electron chi connectivity index (χ3n) is 3.73. The molecule has 0 fully saturated rings. The van der Waals surface area contributed by atoms with Crippen molar-refractivity contribution in [1.29, 1.82) is 5.26 Å². The van der Waals surface area contributed by atoms with Crippen molar-refractivity contribution in [3.05, 3.63) is 40.5 Å². The van der Waals surface area contributed by atoms with Crippen LogP contribution in [0.2, 0.25) is 5.02 Å². The van der Waals surface area contributed by atoms with Gasteiger partial charge in [-0.2, -0.15) is 5.26 Å². The molecule has 0 unspecified atom stereocenters. The molecule has 0 radical (unpaired) electrons. The molecule has 22 heavy (non-hydrogen) atoms. The van der Waals surface area contributed by atoms with Gasteiger partial charge in [-0.25, -0.2) is 9.97 Å². The number of nitriles is 1. The van der Waals surface area contributed by atoms with Gasteiger partial charge in [0.15, 0.2) is 5.16 Å². The normalized spacial score (nSPS) is 13.5. The van der Waals surface area contributed by atoms with Crippen LogP contribution in [0.25, 0.3) is 11.3 Å². The number of thioether (sulfide) groups is 1. The molecule has 2 aromatic rings. The molecule has 0 saturated heterocycles. The van der Waals surface area contributed by atoms with Gasteiger partial charge in [0.2, 0.25) is 0 Å². The molecule has 1 aliphatic carbocycles. The fraction of sp³-hybridized carbons (Fsp3) is 0.353. The predicted molar refractivity (Wildman–Crippen MR) is 90.1 cm³/mol. The minimum atomic E-state index is 0.515. The summed E-state index contributed by atoms with van der Waals surface area (Å²) in [5.74, 6) is 0.731. The maximum atomic E-state index is 8.68. The minimum absolute atomic E-state index is 0.515. The van der Waals surface area contributed by atoms with Gasteiger partial charge < -0.3 is 0 Å². The number of hydrogen-bond acceptors (Lipinski definition) is 4. The van der Waals surface area contributed by atoms with Crippen LogP contribution in [0.1, 0.15) is 30.5 Å². The molecule has 0 saturated carbocycles. The Hall–Kier alpha value is -1.57. The minimum Gasteiger partial charge on any atom is -0.227 e. The van der Waals surface area contributed by atoms with Crippen molar-refractivity contribution in [2.45, 2.75) is 37.3 Å². The first-order chi connectivity index (χ1) is 10.8. The van der Waals surface area contributed by atoms with E-state index in [2.05, 4.69) is 6.07 Å². The molecule has 1 aliphatic rings. The van der Waals surface area contributed by atoms with E-state index in [1.165, 1.54) is 24.1 Å². The van der Waals surface area contributed by atoms with Crippen molar-refractivity contribution < 1.29 is 0 Å². The van der Waals surface area contributed by atoms with E-state index >= 15 is 0 Å². The van der Waals surface area contributed by atoms with E-state index in [-0.39, 0.29) is 0 Å². The number of hydrogen-bond donors (Lipinski definition) is 0. The average Bonchev–Trinajstić information content (AvgIpc) is 2.55. The second kappa shape index (κ2) is 7.13. The van der Waals surface area contributed by atoms with Crippen molar-refractivity contribution in [2.75, 3.05) is 5.75 Å². The predicted octanol–water partition coefficient (Wildman–Crippen LogP) is 4.68. The highest BCUT2D eigenvalue weighted by Gasteiger charge is 2.19. The number of benzene rings is 1. The number of rotatable bonds is 4. The summed E-state index contributed by atoms with van der Waals surface area (Å²) in [4.78, 5) is 9.46. The van der Waals surface area contributed by atoms with Gasteiger partial charge in [-0.05, 0) is 37.8 Å². The molecule has 3 rings (SSSR count). The zero-order valence-corrected chi connectivity index (χ0v) is 13.8. The Labute approximate surface area is 139 Å². The molecule has 5 heteroatoms. The fourth-order valence-corrected chi connectivity index (χ4v) is 3.50. The maximum absolute atomic E-state index is 8.68. The van der Waals surface area contributed by atoms with E-state index in [0.717, 1.165) is 40.0 Å². The molecule has 1 aromatic heterocycles. The lowest BCUT2D eigenvalue weighted by Crippen LogP contribution is -2.10. The molecule has 0 atom stereocenters. The maximum Gasteiger partial charge on any atom is 0.188 e. The summed E-state index contributed by atoms with van der Waals surface area (Å²) in [6.07, 6.45) is 4.95. The molecule has 0 spiro atoms. The van der Waals surface area contributed by atoms with Crippen LogP contribution in [0.5, 0.6) is 0 Å². The number of halogens is 1. The quantitative estimate of drug-likeness (QED) is 0.464. The summed E-state index contributed by atoms with van der Waals surface area (Å²) in [5.41, 5.74) is 4.57. The van der Waals surface area contributed by atoms with E-state index in [9.17, 15) is 0 Å². The fourth-order valence-electron chi connectivity index (χ4n) is 2.67. The number of aromatic nitrogens is 2. The molecule has 112 valence electrons. The summed E-state index contributed by atoms with van der Waals surface area (Å²) in [6.45, 7) is 0. The van der Waals surface area contributed by atoms with Crippen LogP contribution in [0.4, 0.5) is 0 Å². The van der Waals surface area contributed by atoms with E-state index in [1.54, 1.807) is 11.8 Å². The summed E-state index contributed by atoms with van der Waals surface area (Å²) < 4.78 is 0. The van der Waals surface area contributed by atoms with Crippen LogP contribution >= 0.6 is 23.4 Å². The van der Waals surface area contributed by atoms with E-state index in [0.29, 0.717) is 6.42 Å². The van der Waals surface area contributed by atoms with Gasteiger partial charge in [-0.3, -0.25) is 0 Å². The van der Waals surface area contributed by atoms with Gasteiger partial charge >= 0.3 is 0 Å². The Morgan fingerprint density at radius 3 is 2.68 bits per heavy atom. The number of aryl methyl sites for hydroxylation is 1. The molecular weight excluding hydrogens is 314 g/mol. The van der Waals surface area contributed by atoms with Crippen LogP contribution in [-0.2, 0) is 12.8 Å². The smallest absolute Gasteiger partial charge is 0.188 e. The van der Waals surface area contributed by atoms with Gasteiger partial charge in [-0.15, -0.1) is 0 Å². The van der Waals surface area contributed by atoms with Crippen molar-refractivity contribution in [3.8, 4) is 17.3 Å². The van der Waals surface area contributed by atoms with Crippen molar-refractivity contribution in [3.63, 3.8) is 0 Å². The first-order valence-electron chi connectivity index (χ1n) is 7.43. The summed E-state index contributed by atoms with van der Waals surface area (Å²) in [5, 5.41) is 10.2. The van der Waals surface area contributed by atoms with E-state index < -0.39 is 0 Å².